The van der Waals surface area contributed by atoms with Crippen LogP contribution >= 0.6 is 11.3 Å². The first-order valence-corrected chi connectivity index (χ1v) is 9.72. The number of rotatable bonds is 4. The van der Waals surface area contributed by atoms with Gasteiger partial charge in [0.1, 0.15) is 5.69 Å². The Labute approximate surface area is 161 Å². The summed E-state index contributed by atoms with van der Waals surface area (Å²) in [6.07, 6.45) is 1.14. The number of fused-ring (bicyclic) bond motifs is 1. The summed E-state index contributed by atoms with van der Waals surface area (Å²) < 4.78 is 0. The quantitative estimate of drug-likeness (QED) is 0.757. The number of anilines is 1. The molecule has 1 aliphatic rings. The van der Waals surface area contributed by atoms with Crippen molar-refractivity contribution < 1.29 is 9.59 Å². The van der Waals surface area contributed by atoms with Gasteiger partial charge in [0, 0.05) is 18.5 Å². The second-order valence-electron chi connectivity index (χ2n) is 6.49. The van der Waals surface area contributed by atoms with Gasteiger partial charge in [0.2, 0.25) is 5.91 Å². The van der Waals surface area contributed by atoms with E-state index in [9.17, 15) is 9.59 Å². The molecule has 0 spiro atoms. The third kappa shape index (κ3) is 4.06. The molecule has 3 aromatic rings. The van der Waals surface area contributed by atoms with Crippen LogP contribution < -0.4 is 5.32 Å². The van der Waals surface area contributed by atoms with E-state index in [1.807, 2.05) is 47.4 Å². The van der Waals surface area contributed by atoms with Crippen LogP contribution in [0.4, 0.5) is 5.13 Å². The maximum atomic E-state index is 12.8. The topological polar surface area (TPSA) is 62.3 Å². The highest BCUT2D eigenvalue weighted by molar-refractivity contribution is 7.14. The number of hydrogen-bond acceptors (Lipinski definition) is 4. The number of carbonyl (C=O) groups is 2. The Morgan fingerprint density at radius 3 is 2.59 bits per heavy atom. The van der Waals surface area contributed by atoms with E-state index >= 15 is 0 Å². The minimum absolute atomic E-state index is 0.0932. The Morgan fingerprint density at radius 2 is 1.78 bits per heavy atom. The van der Waals surface area contributed by atoms with Crippen molar-refractivity contribution >= 4 is 28.3 Å². The fraction of sp³-hybridized carbons (Fsp3) is 0.190. The van der Waals surface area contributed by atoms with Crippen LogP contribution in [0.1, 0.15) is 27.2 Å². The van der Waals surface area contributed by atoms with Crippen molar-refractivity contribution in [1.29, 1.82) is 0 Å². The predicted molar refractivity (Wildman–Crippen MR) is 106 cm³/mol. The van der Waals surface area contributed by atoms with Gasteiger partial charge < -0.3 is 10.2 Å². The molecule has 2 amide bonds. The summed E-state index contributed by atoms with van der Waals surface area (Å²) in [5.41, 5.74) is 3.81. The molecule has 4 rings (SSSR count). The van der Waals surface area contributed by atoms with Gasteiger partial charge in [-0.2, -0.15) is 0 Å². The standard InChI is InChI=1S/C21H19N3O2S/c25-19(12-15-6-2-1-3-7-15)23-21-22-18(14-27-21)20(26)24-11-10-16-8-4-5-9-17(16)13-24/h1-9,14H,10-13H2,(H,22,23,25). The average molecular weight is 377 g/mol. The first kappa shape index (κ1) is 17.4. The number of thiazole rings is 1. The molecule has 0 saturated heterocycles. The molecule has 5 nitrogen and oxygen atoms in total. The molecule has 136 valence electrons. The smallest absolute Gasteiger partial charge is 0.273 e. The van der Waals surface area contributed by atoms with E-state index < -0.39 is 0 Å². The third-order valence-electron chi connectivity index (χ3n) is 4.60. The fourth-order valence-corrected chi connectivity index (χ4v) is 3.91. The van der Waals surface area contributed by atoms with Crippen molar-refractivity contribution in [2.45, 2.75) is 19.4 Å². The molecule has 1 N–H and O–H groups in total. The number of amides is 2. The molecule has 0 atom stereocenters. The summed E-state index contributed by atoms with van der Waals surface area (Å²) in [7, 11) is 0. The van der Waals surface area contributed by atoms with Crippen LogP contribution in [-0.4, -0.2) is 28.2 Å². The summed E-state index contributed by atoms with van der Waals surface area (Å²) in [5, 5.41) is 4.95. The summed E-state index contributed by atoms with van der Waals surface area (Å²) in [5.74, 6) is -0.231. The second-order valence-corrected chi connectivity index (χ2v) is 7.35. The number of benzene rings is 2. The van der Waals surface area contributed by atoms with Gasteiger partial charge in [0.15, 0.2) is 5.13 Å². The Morgan fingerprint density at radius 1 is 1.04 bits per heavy atom. The van der Waals surface area contributed by atoms with Gasteiger partial charge in [-0.15, -0.1) is 11.3 Å². The molecule has 0 unspecified atom stereocenters. The van der Waals surface area contributed by atoms with E-state index in [2.05, 4.69) is 22.4 Å². The minimum Gasteiger partial charge on any atom is -0.333 e. The van der Waals surface area contributed by atoms with Crippen molar-refractivity contribution in [3.05, 3.63) is 82.4 Å². The van der Waals surface area contributed by atoms with Crippen LogP contribution in [0, 0.1) is 0 Å². The fourth-order valence-electron chi connectivity index (χ4n) is 3.21. The van der Waals surface area contributed by atoms with Crippen LogP contribution in [0.25, 0.3) is 0 Å². The second kappa shape index (κ2) is 7.72. The molecule has 1 aromatic heterocycles. The van der Waals surface area contributed by atoms with Crippen molar-refractivity contribution in [1.82, 2.24) is 9.88 Å². The van der Waals surface area contributed by atoms with Gasteiger partial charge in [-0.1, -0.05) is 54.6 Å². The molecule has 2 aromatic carbocycles. The molecule has 0 saturated carbocycles. The van der Waals surface area contributed by atoms with E-state index in [-0.39, 0.29) is 18.2 Å². The Balaban J connectivity index is 1.39. The van der Waals surface area contributed by atoms with E-state index in [0.717, 1.165) is 12.0 Å². The van der Waals surface area contributed by atoms with Gasteiger partial charge in [0.05, 0.1) is 6.42 Å². The highest BCUT2D eigenvalue weighted by Crippen LogP contribution is 2.22. The zero-order valence-corrected chi connectivity index (χ0v) is 15.5. The van der Waals surface area contributed by atoms with Crippen LogP contribution in [0.2, 0.25) is 0 Å². The van der Waals surface area contributed by atoms with Crippen molar-refractivity contribution in [3.8, 4) is 0 Å². The first-order valence-electron chi connectivity index (χ1n) is 8.84. The Hall–Kier alpha value is -2.99. The molecule has 0 fully saturated rings. The van der Waals surface area contributed by atoms with Crippen LogP contribution in [0.3, 0.4) is 0 Å². The molecule has 0 bridgehead atoms. The number of nitrogens with zero attached hydrogens (tertiary/aromatic N) is 2. The normalized spacial score (nSPS) is 13.1. The predicted octanol–water partition coefficient (Wildman–Crippen LogP) is 3.52. The molecular weight excluding hydrogens is 358 g/mol. The van der Waals surface area contributed by atoms with Gasteiger partial charge >= 0.3 is 0 Å². The van der Waals surface area contributed by atoms with Crippen molar-refractivity contribution in [3.63, 3.8) is 0 Å². The van der Waals surface area contributed by atoms with Crippen LogP contribution in [0.5, 0.6) is 0 Å². The SMILES string of the molecule is O=C(Cc1ccccc1)Nc1nc(C(=O)N2CCc3ccccc3C2)cs1. The van der Waals surface area contributed by atoms with Gasteiger partial charge in [-0.25, -0.2) is 4.98 Å². The molecule has 1 aliphatic heterocycles. The first-order chi connectivity index (χ1) is 13.2. The Kier molecular flexibility index (Phi) is 4.98. The zero-order valence-electron chi connectivity index (χ0n) is 14.7. The molecule has 27 heavy (non-hydrogen) atoms. The van der Waals surface area contributed by atoms with Crippen molar-refractivity contribution in [2.75, 3.05) is 11.9 Å². The monoisotopic (exact) mass is 377 g/mol. The number of nitrogens with one attached hydrogen (secondary N) is 1. The third-order valence-corrected chi connectivity index (χ3v) is 5.35. The highest BCUT2D eigenvalue weighted by Gasteiger charge is 2.23. The largest absolute Gasteiger partial charge is 0.333 e. The lowest BCUT2D eigenvalue weighted by atomic mass is 10.00. The van der Waals surface area contributed by atoms with Crippen LogP contribution in [-0.2, 0) is 24.2 Å². The summed E-state index contributed by atoms with van der Waals surface area (Å²) >= 11 is 1.28. The molecular formula is C21H19N3O2S. The Bertz CT molecular complexity index is 968. The summed E-state index contributed by atoms with van der Waals surface area (Å²) in [6, 6.07) is 17.7. The van der Waals surface area contributed by atoms with E-state index in [1.165, 1.54) is 22.5 Å². The average Bonchev–Trinajstić information content (AvgIpc) is 3.16. The summed E-state index contributed by atoms with van der Waals surface area (Å²) in [6.45, 7) is 1.28. The number of hydrogen-bond donors (Lipinski definition) is 1. The minimum atomic E-state index is -0.138. The maximum absolute atomic E-state index is 12.8. The zero-order chi connectivity index (χ0) is 18.6. The van der Waals surface area contributed by atoms with E-state index in [4.69, 9.17) is 0 Å². The van der Waals surface area contributed by atoms with E-state index in [0.29, 0.717) is 23.9 Å². The molecule has 0 aliphatic carbocycles. The lowest BCUT2D eigenvalue weighted by Gasteiger charge is -2.28. The maximum Gasteiger partial charge on any atom is 0.273 e. The molecule has 0 radical (unpaired) electrons. The highest BCUT2D eigenvalue weighted by atomic mass is 32.1. The summed E-state index contributed by atoms with van der Waals surface area (Å²) in [4.78, 5) is 31.0. The van der Waals surface area contributed by atoms with Gasteiger partial charge in [0.25, 0.3) is 5.91 Å². The van der Waals surface area contributed by atoms with Crippen molar-refractivity contribution in [2.24, 2.45) is 0 Å². The lowest BCUT2D eigenvalue weighted by Crippen LogP contribution is -2.36. The van der Waals surface area contributed by atoms with Crippen LogP contribution in [0.15, 0.2) is 60.0 Å². The molecule has 6 heteroatoms. The number of carbonyl (C=O) groups excluding carboxylic acids is 2. The number of aromatic nitrogens is 1. The van der Waals surface area contributed by atoms with Gasteiger partial charge in [-0.3, -0.25) is 9.59 Å². The van der Waals surface area contributed by atoms with Gasteiger partial charge in [-0.05, 0) is 23.1 Å². The molecule has 2 heterocycles. The lowest BCUT2D eigenvalue weighted by molar-refractivity contribution is -0.115. The van der Waals surface area contributed by atoms with E-state index in [1.54, 1.807) is 5.38 Å².